The monoisotopic (exact) mass is 417 g/mol. The molecule has 0 spiro atoms. The van der Waals surface area contributed by atoms with Crippen LogP contribution in [0.4, 0.5) is 0 Å². The largest absolute Gasteiger partial charge is 0.497 e. The summed E-state index contributed by atoms with van der Waals surface area (Å²) >= 11 is 5.47. The van der Waals surface area contributed by atoms with Gasteiger partial charge in [0.2, 0.25) is 0 Å². The van der Waals surface area contributed by atoms with E-state index in [1.165, 1.54) is 0 Å². The molecule has 0 aliphatic rings. The van der Waals surface area contributed by atoms with Crippen molar-refractivity contribution in [2.75, 3.05) is 13.7 Å². The molecule has 150 valence electrons. The van der Waals surface area contributed by atoms with Crippen LogP contribution in [0.5, 0.6) is 5.75 Å². The molecule has 1 unspecified atom stereocenters. The molecule has 4 nitrogen and oxygen atoms in total. The lowest BCUT2D eigenvalue weighted by Crippen LogP contribution is -2.19. The molecule has 0 aromatic heterocycles. The number of hydrogen-bond donors (Lipinski definition) is 0. The first-order chi connectivity index (χ1) is 13.2. The van der Waals surface area contributed by atoms with E-state index in [0.29, 0.717) is 17.4 Å². The van der Waals surface area contributed by atoms with Crippen molar-refractivity contribution in [1.29, 1.82) is 0 Å². The van der Waals surface area contributed by atoms with Gasteiger partial charge in [-0.3, -0.25) is 0 Å². The number of hydrogen-bond acceptors (Lipinski definition) is 4. The van der Waals surface area contributed by atoms with Gasteiger partial charge < -0.3 is 9.47 Å². The second kappa shape index (κ2) is 9.43. The first-order valence-electron chi connectivity index (χ1n) is 9.10. The standard InChI is InChI=1S/C22H27NO3S2/c1-7-26-21(27)19-11-9-8-10-18(19)20-15(2)12-17(25-6)13-16(20)14-23-28(24)22(3,4)5/h8-14H,7H2,1-6H3/b23-14+. The van der Waals surface area contributed by atoms with Crippen molar-refractivity contribution in [3.63, 3.8) is 0 Å². The van der Waals surface area contributed by atoms with Crippen LogP contribution < -0.4 is 4.74 Å². The molecule has 0 radical (unpaired) electrons. The topological polar surface area (TPSA) is 47.9 Å². The van der Waals surface area contributed by atoms with Crippen LogP contribution in [-0.2, 0) is 15.7 Å². The molecule has 0 saturated heterocycles. The SMILES string of the molecule is CCOC(=S)c1ccccc1-c1c(C)cc(OC)cc1/C=N/S(=O)C(C)(C)C. The molecule has 0 amide bonds. The molecule has 2 aromatic rings. The van der Waals surface area contributed by atoms with Crippen molar-refractivity contribution in [3.05, 3.63) is 53.1 Å². The molecular formula is C22H27NO3S2. The number of ether oxygens (including phenoxy) is 2. The van der Waals surface area contributed by atoms with Crippen molar-refractivity contribution < 1.29 is 13.7 Å². The van der Waals surface area contributed by atoms with Gasteiger partial charge in [0, 0.05) is 17.3 Å². The minimum atomic E-state index is -1.36. The highest BCUT2D eigenvalue weighted by Gasteiger charge is 2.20. The lowest BCUT2D eigenvalue weighted by molar-refractivity contribution is 0.338. The van der Waals surface area contributed by atoms with Gasteiger partial charge in [-0.25, -0.2) is 4.21 Å². The minimum absolute atomic E-state index is 0.432. The predicted molar refractivity (Wildman–Crippen MR) is 122 cm³/mol. The zero-order chi connectivity index (χ0) is 20.9. The molecule has 28 heavy (non-hydrogen) atoms. The molecular weight excluding hydrogens is 390 g/mol. The van der Waals surface area contributed by atoms with Crippen LogP contribution in [0.2, 0.25) is 0 Å². The number of methoxy groups -OCH3 is 1. The van der Waals surface area contributed by atoms with Crippen LogP contribution in [0.1, 0.15) is 44.4 Å². The number of thiocarbonyl (C=S) groups is 1. The van der Waals surface area contributed by atoms with Gasteiger partial charge in [0.05, 0.1) is 18.5 Å². The molecule has 0 N–H and O–H groups in total. The van der Waals surface area contributed by atoms with Crippen LogP contribution in [0, 0.1) is 6.92 Å². The summed E-state index contributed by atoms with van der Waals surface area (Å²) in [5.74, 6) is 0.717. The predicted octanol–water partition coefficient (Wildman–Crippen LogP) is 5.26. The van der Waals surface area contributed by atoms with E-state index in [-0.39, 0.29) is 0 Å². The molecule has 0 heterocycles. The minimum Gasteiger partial charge on any atom is -0.497 e. The molecule has 0 fully saturated rings. The Hall–Kier alpha value is -2.05. The highest BCUT2D eigenvalue weighted by molar-refractivity contribution is 7.85. The Labute approximate surface area is 175 Å². The van der Waals surface area contributed by atoms with E-state index in [2.05, 4.69) is 4.40 Å². The van der Waals surface area contributed by atoms with Crippen molar-refractivity contribution >= 4 is 34.5 Å². The molecule has 0 aliphatic carbocycles. The number of rotatable bonds is 6. The van der Waals surface area contributed by atoms with Gasteiger partial charge in [0.15, 0.2) is 5.05 Å². The van der Waals surface area contributed by atoms with E-state index in [1.54, 1.807) is 13.3 Å². The summed E-state index contributed by atoms with van der Waals surface area (Å²) in [4.78, 5) is 0. The van der Waals surface area contributed by atoms with E-state index in [9.17, 15) is 4.21 Å². The zero-order valence-electron chi connectivity index (χ0n) is 17.2. The molecule has 0 bridgehead atoms. The summed E-state index contributed by atoms with van der Waals surface area (Å²) in [5, 5.41) is 0.453. The Morgan fingerprint density at radius 2 is 1.93 bits per heavy atom. The molecule has 0 aliphatic heterocycles. The summed E-state index contributed by atoms with van der Waals surface area (Å²) in [6.07, 6.45) is 1.66. The fourth-order valence-corrected chi connectivity index (χ4v) is 3.54. The molecule has 6 heteroatoms. The summed E-state index contributed by atoms with van der Waals surface area (Å²) in [6.45, 7) is 10.1. The average molecular weight is 418 g/mol. The summed E-state index contributed by atoms with van der Waals surface area (Å²) in [5.41, 5.74) is 4.59. The van der Waals surface area contributed by atoms with Crippen LogP contribution in [-0.4, -0.2) is 33.9 Å². The third-order valence-electron chi connectivity index (χ3n) is 4.08. The van der Waals surface area contributed by atoms with Crippen LogP contribution >= 0.6 is 12.2 Å². The van der Waals surface area contributed by atoms with Crippen molar-refractivity contribution in [2.45, 2.75) is 39.4 Å². The maximum atomic E-state index is 12.4. The normalized spacial score (nSPS) is 12.8. The van der Waals surface area contributed by atoms with Gasteiger partial charge in [0.25, 0.3) is 0 Å². The van der Waals surface area contributed by atoms with E-state index in [1.807, 2.05) is 71.0 Å². The number of aryl methyl sites for hydroxylation is 1. The van der Waals surface area contributed by atoms with Gasteiger partial charge in [-0.2, -0.15) is 4.40 Å². The van der Waals surface area contributed by atoms with Crippen LogP contribution in [0.15, 0.2) is 40.8 Å². The van der Waals surface area contributed by atoms with Gasteiger partial charge in [-0.15, -0.1) is 0 Å². The van der Waals surface area contributed by atoms with Crippen molar-refractivity contribution in [2.24, 2.45) is 4.40 Å². The maximum Gasteiger partial charge on any atom is 0.191 e. The molecule has 0 saturated carbocycles. The summed E-state index contributed by atoms with van der Waals surface area (Å²) in [7, 11) is 0.269. The summed E-state index contributed by atoms with van der Waals surface area (Å²) in [6, 6.07) is 11.7. The maximum absolute atomic E-state index is 12.4. The molecule has 2 aromatic carbocycles. The first kappa shape index (κ1) is 22.2. The van der Waals surface area contributed by atoms with Gasteiger partial charge in [-0.05, 0) is 81.7 Å². The highest BCUT2D eigenvalue weighted by Crippen LogP contribution is 2.33. The van der Waals surface area contributed by atoms with Crippen molar-refractivity contribution in [3.8, 4) is 16.9 Å². The summed E-state index contributed by atoms with van der Waals surface area (Å²) < 4.78 is 27.3. The second-order valence-corrected chi connectivity index (χ2v) is 9.58. The van der Waals surface area contributed by atoms with Gasteiger partial charge >= 0.3 is 0 Å². The van der Waals surface area contributed by atoms with Gasteiger partial charge in [0.1, 0.15) is 16.7 Å². The number of nitrogens with zero attached hydrogens (tertiary/aromatic N) is 1. The van der Waals surface area contributed by atoms with E-state index >= 15 is 0 Å². The molecule has 2 rings (SSSR count). The van der Waals surface area contributed by atoms with Gasteiger partial charge in [-0.1, -0.05) is 18.2 Å². The fourth-order valence-electron chi connectivity index (χ4n) is 2.72. The zero-order valence-corrected chi connectivity index (χ0v) is 18.9. The Morgan fingerprint density at radius 1 is 1.25 bits per heavy atom. The van der Waals surface area contributed by atoms with Crippen LogP contribution in [0.25, 0.3) is 11.1 Å². The van der Waals surface area contributed by atoms with E-state index in [4.69, 9.17) is 21.7 Å². The second-order valence-electron chi connectivity index (χ2n) is 7.27. The van der Waals surface area contributed by atoms with Crippen LogP contribution in [0.3, 0.4) is 0 Å². The molecule has 1 atom stereocenters. The smallest absolute Gasteiger partial charge is 0.191 e. The van der Waals surface area contributed by atoms with E-state index in [0.717, 1.165) is 27.8 Å². The first-order valence-corrected chi connectivity index (χ1v) is 10.6. The average Bonchev–Trinajstić information content (AvgIpc) is 2.65. The lowest BCUT2D eigenvalue weighted by atomic mass is 9.92. The highest BCUT2D eigenvalue weighted by atomic mass is 32.2. The Bertz CT molecular complexity index is 914. The number of benzene rings is 2. The third kappa shape index (κ3) is 5.26. The van der Waals surface area contributed by atoms with E-state index < -0.39 is 15.7 Å². The Kier molecular flexibility index (Phi) is 7.49. The Morgan fingerprint density at radius 3 is 2.54 bits per heavy atom. The third-order valence-corrected chi connectivity index (χ3v) is 5.76. The van der Waals surface area contributed by atoms with Crippen molar-refractivity contribution in [1.82, 2.24) is 0 Å². The quantitative estimate of drug-likeness (QED) is 0.475. The Balaban J connectivity index is 2.67. The lowest BCUT2D eigenvalue weighted by Gasteiger charge is -2.17. The fraction of sp³-hybridized carbons (Fsp3) is 0.364.